The SMILES string of the molecule is CCNC(C)c1nc(N(C)C)no1. The highest BCUT2D eigenvalue weighted by Crippen LogP contribution is 2.12. The average Bonchev–Trinajstić information content (AvgIpc) is 2.52. The van der Waals surface area contributed by atoms with E-state index in [1.54, 1.807) is 0 Å². The third-order valence-electron chi connectivity index (χ3n) is 1.71. The largest absolute Gasteiger partial charge is 0.344 e. The molecule has 74 valence electrons. The lowest BCUT2D eigenvalue weighted by Crippen LogP contribution is -2.18. The van der Waals surface area contributed by atoms with Crippen LogP contribution in [0.4, 0.5) is 5.95 Å². The van der Waals surface area contributed by atoms with Crippen molar-refractivity contribution in [1.82, 2.24) is 15.5 Å². The van der Waals surface area contributed by atoms with Gasteiger partial charge in [0.2, 0.25) is 5.89 Å². The molecule has 1 N–H and O–H groups in total. The van der Waals surface area contributed by atoms with Crippen LogP contribution in [0.25, 0.3) is 0 Å². The van der Waals surface area contributed by atoms with Crippen LogP contribution in [0.5, 0.6) is 0 Å². The van der Waals surface area contributed by atoms with Gasteiger partial charge >= 0.3 is 0 Å². The van der Waals surface area contributed by atoms with Crippen LogP contribution in [0.15, 0.2) is 4.52 Å². The van der Waals surface area contributed by atoms with Gasteiger partial charge in [-0.05, 0) is 18.6 Å². The molecule has 13 heavy (non-hydrogen) atoms. The minimum absolute atomic E-state index is 0.117. The van der Waals surface area contributed by atoms with E-state index in [1.807, 2.05) is 32.8 Å². The van der Waals surface area contributed by atoms with Gasteiger partial charge in [-0.1, -0.05) is 6.92 Å². The van der Waals surface area contributed by atoms with Gasteiger partial charge in [0.25, 0.3) is 5.95 Å². The first-order chi connectivity index (χ1) is 6.15. The van der Waals surface area contributed by atoms with Crippen molar-refractivity contribution in [1.29, 1.82) is 0 Å². The normalized spacial score (nSPS) is 12.9. The van der Waals surface area contributed by atoms with Crippen LogP contribution < -0.4 is 10.2 Å². The van der Waals surface area contributed by atoms with Crippen molar-refractivity contribution in [3.05, 3.63) is 5.89 Å². The van der Waals surface area contributed by atoms with E-state index in [9.17, 15) is 0 Å². The molecule has 1 rings (SSSR count). The quantitative estimate of drug-likeness (QED) is 0.750. The van der Waals surface area contributed by atoms with Gasteiger partial charge < -0.3 is 14.7 Å². The molecule has 0 aliphatic rings. The zero-order valence-corrected chi connectivity index (χ0v) is 8.53. The highest BCUT2D eigenvalue weighted by molar-refractivity contribution is 5.23. The fourth-order valence-corrected chi connectivity index (χ4v) is 0.978. The molecule has 1 aromatic rings. The smallest absolute Gasteiger partial charge is 0.265 e. The second-order valence-electron chi connectivity index (χ2n) is 3.11. The van der Waals surface area contributed by atoms with Crippen molar-refractivity contribution in [2.24, 2.45) is 0 Å². The van der Waals surface area contributed by atoms with E-state index >= 15 is 0 Å². The lowest BCUT2D eigenvalue weighted by atomic mass is 10.3. The van der Waals surface area contributed by atoms with Crippen LogP contribution in [-0.2, 0) is 0 Å². The average molecular weight is 184 g/mol. The van der Waals surface area contributed by atoms with E-state index in [1.165, 1.54) is 0 Å². The molecule has 1 aromatic heterocycles. The first-order valence-electron chi connectivity index (χ1n) is 4.39. The molecule has 0 radical (unpaired) electrons. The predicted molar refractivity (Wildman–Crippen MR) is 50.7 cm³/mol. The Hall–Kier alpha value is -1.10. The zero-order chi connectivity index (χ0) is 9.84. The molecule has 0 spiro atoms. The number of aromatic nitrogens is 2. The van der Waals surface area contributed by atoms with E-state index < -0.39 is 0 Å². The number of nitrogens with zero attached hydrogens (tertiary/aromatic N) is 3. The number of nitrogens with one attached hydrogen (secondary N) is 1. The summed E-state index contributed by atoms with van der Waals surface area (Å²) in [5.74, 6) is 1.24. The summed E-state index contributed by atoms with van der Waals surface area (Å²) in [6.45, 7) is 4.93. The van der Waals surface area contributed by atoms with Gasteiger partial charge in [-0.25, -0.2) is 0 Å². The van der Waals surface area contributed by atoms with E-state index in [4.69, 9.17) is 4.52 Å². The van der Waals surface area contributed by atoms with Crippen molar-refractivity contribution < 1.29 is 4.52 Å². The van der Waals surface area contributed by atoms with Crippen LogP contribution in [0.1, 0.15) is 25.8 Å². The summed E-state index contributed by atoms with van der Waals surface area (Å²) >= 11 is 0. The Morgan fingerprint density at radius 2 is 2.23 bits per heavy atom. The molecule has 0 aliphatic carbocycles. The Kier molecular flexibility index (Phi) is 3.25. The zero-order valence-electron chi connectivity index (χ0n) is 8.53. The monoisotopic (exact) mass is 184 g/mol. The predicted octanol–water partition coefficient (Wildman–Crippen LogP) is 0.806. The van der Waals surface area contributed by atoms with Crippen LogP contribution in [0.2, 0.25) is 0 Å². The summed E-state index contributed by atoms with van der Waals surface area (Å²) in [7, 11) is 3.76. The summed E-state index contributed by atoms with van der Waals surface area (Å²) in [6.07, 6.45) is 0. The Morgan fingerprint density at radius 3 is 2.69 bits per heavy atom. The van der Waals surface area contributed by atoms with E-state index in [2.05, 4.69) is 15.5 Å². The number of rotatable bonds is 4. The van der Waals surface area contributed by atoms with Crippen molar-refractivity contribution in [2.45, 2.75) is 19.9 Å². The van der Waals surface area contributed by atoms with Gasteiger partial charge in [0.05, 0.1) is 6.04 Å². The number of anilines is 1. The van der Waals surface area contributed by atoms with E-state index in [-0.39, 0.29) is 6.04 Å². The molecule has 0 fully saturated rings. The molecule has 0 bridgehead atoms. The molecule has 5 nitrogen and oxygen atoms in total. The van der Waals surface area contributed by atoms with Crippen LogP contribution in [-0.4, -0.2) is 30.8 Å². The fourth-order valence-electron chi connectivity index (χ4n) is 0.978. The lowest BCUT2D eigenvalue weighted by molar-refractivity contribution is 0.341. The Balaban J connectivity index is 2.67. The first kappa shape index (κ1) is 9.98. The van der Waals surface area contributed by atoms with Crippen LogP contribution in [0, 0.1) is 0 Å². The van der Waals surface area contributed by atoms with Crippen molar-refractivity contribution in [2.75, 3.05) is 25.5 Å². The molecule has 1 atom stereocenters. The highest BCUT2D eigenvalue weighted by Gasteiger charge is 2.13. The van der Waals surface area contributed by atoms with Gasteiger partial charge in [-0.3, -0.25) is 0 Å². The summed E-state index contributed by atoms with van der Waals surface area (Å²) in [6, 6.07) is 0.117. The molecular weight excluding hydrogens is 168 g/mol. The Morgan fingerprint density at radius 1 is 1.54 bits per heavy atom. The van der Waals surface area contributed by atoms with E-state index in [0.29, 0.717) is 11.8 Å². The molecule has 0 saturated heterocycles. The number of hydrogen-bond donors (Lipinski definition) is 1. The Bertz CT molecular complexity index is 258. The van der Waals surface area contributed by atoms with Crippen molar-refractivity contribution in [3.63, 3.8) is 0 Å². The molecule has 0 amide bonds. The minimum Gasteiger partial charge on any atom is -0.344 e. The van der Waals surface area contributed by atoms with Gasteiger partial charge in [-0.15, -0.1) is 0 Å². The van der Waals surface area contributed by atoms with Crippen molar-refractivity contribution in [3.8, 4) is 0 Å². The molecule has 0 aliphatic heterocycles. The van der Waals surface area contributed by atoms with Gasteiger partial charge in [0.1, 0.15) is 0 Å². The second-order valence-corrected chi connectivity index (χ2v) is 3.11. The van der Waals surface area contributed by atoms with Gasteiger partial charge in [0, 0.05) is 14.1 Å². The van der Waals surface area contributed by atoms with Gasteiger partial charge in [0.15, 0.2) is 0 Å². The molecule has 0 saturated carbocycles. The molecular formula is C8H16N4O. The summed E-state index contributed by atoms with van der Waals surface area (Å²) in [5, 5.41) is 7.02. The molecule has 5 heteroatoms. The Labute approximate surface area is 78.1 Å². The third-order valence-corrected chi connectivity index (χ3v) is 1.71. The summed E-state index contributed by atoms with van der Waals surface area (Å²) in [5.41, 5.74) is 0. The lowest BCUT2D eigenvalue weighted by Gasteiger charge is -2.06. The third kappa shape index (κ3) is 2.42. The topological polar surface area (TPSA) is 54.2 Å². The van der Waals surface area contributed by atoms with Gasteiger partial charge in [-0.2, -0.15) is 4.98 Å². The second kappa shape index (κ2) is 4.23. The minimum atomic E-state index is 0.117. The fraction of sp³-hybridized carbons (Fsp3) is 0.750. The maximum atomic E-state index is 5.08. The van der Waals surface area contributed by atoms with Crippen LogP contribution >= 0.6 is 0 Å². The number of hydrogen-bond acceptors (Lipinski definition) is 5. The molecule has 1 unspecified atom stereocenters. The maximum absolute atomic E-state index is 5.08. The highest BCUT2D eigenvalue weighted by atomic mass is 16.5. The van der Waals surface area contributed by atoms with Crippen molar-refractivity contribution >= 4 is 5.95 Å². The summed E-state index contributed by atoms with van der Waals surface area (Å²) in [4.78, 5) is 6.03. The van der Waals surface area contributed by atoms with Crippen LogP contribution in [0.3, 0.4) is 0 Å². The summed E-state index contributed by atoms with van der Waals surface area (Å²) < 4.78 is 5.08. The maximum Gasteiger partial charge on any atom is 0.265 e. The molecule has 0 aromatic carbocycles. The van der Waals surface area contributed by atoms with E-state index in [0.717, 1.165) is 6.54 Å². The standard InChI is InChI=1S/C8H16N4O/c1-5-9-6(2)7-10-8(11-13-7)12(3)4/h6,9H,5H2,1-4H3. The first-order valence-corrected chi connectivity index (χ1v) is 4.39. The molecule has 1 heterocycles.